The lowest BCUT2D eigenvalue weighted by atomic mass is 10.0. The first-order valence-electron chi connectivity index (χ1n) is 6.81. The molecular weight excluding hydrogens is 290 g/mol. The predicted molar refractivity (Wildman–Crippen MR) is 81.8 cm³/mol. The Labute approximate surface area is 127 Å². The molecule has 0 atom stereocenters. The minimum absolute atomic E-state index is 0.212. The normalized spacial score (nSPS) is 11.8. The highest BCUT2D eigenvalue weighted by Crippen LogP contribution is 2.28. The van der Waals surface area contributed by atoms with Gasteiger partial charge in [-0.2, -0.15) is 4.31 Å². The second-order valence-electron chi connectivity index (χ2n) is 5.10. The Balaban J connectivity index is 3.46. The van der Waals surface area contributed by atoms with E-state index >= 15 is 0 Å². The van der Waals surface area contributed by atoms with Crippen LogP contribution in [0, 0.1) is 27.7 Å². The topological polar surface area (TPSA) is 63.7 Å². The zero-order chi connectivity index (χ0) is 16.4. The summed E-state index contributed by atoms with van der Waals surface area (Å²) in [6.07, 6.45) is 0. The molecule has 21 heavy (non-hydrogen) atoms. The second kappa shape index (κ2) is 6.58. The monoisotopic (exact) mass is 313 g/mol. The molecular formula is C15H23NO4S. The van der Waals surface area contributed by atoms with Gasteiger partial charge in [0.15, 0.2) is 0 Å². The van der Waals surface area contributed by atoms with Crippen LogP contribution in [-0.2, 0) is 19.6 Å². The van der Waals surface area contributed by atoms with Gasteiger partial charge in [-0.3, -0.25) is 4.79 Å². The number of methoxy groups -OCH3 is 1. The van der Waals surface area contributed by atoms with E-state index in [-0.39, 0.29) is 13.1 Å². The quantitative estimate of drug-likeness (QED) is 0.781. The van der Waals surface area contributed by atoms with Gasteiger partial charge in [-0.1, -0.05) is 13.0 Å². The highest BCUT2D eigenvalue weighted by Gasteiger charge is 2.29. The van der Waals surface area contributed by atoms with Crippen molar-refractivity contribution in [3.05, 3.63) is 28.3 Å². The van der Waals surface area contributed by atoms with Gasteiger partial charge in [0.2, 0.25) is 10.0 Å². The number of rotatable bonds is 5. The van der Waals surface area contributed by atoms with E-state index in [1.165, 1.54) is 7.11 Å². The van der Waals surface area contributed by atoms with E-state index in [1.54, 1.807) is 20.8 Å². The Kier molecular flexibility index (Phi) is 5.53. The van der Waals surface area contributed by atoms with Crippen LogP contribution in [0.15, 0.2) is 11.0 Å². The number of benzene rings is 1. The number of esters is 1. The van der Waals surface area contributed by atoms with Crippen molar-refractivity contribution in [1.29, 1.82) is 0 Å². The molecule has 0 aliphatic rings. The summed E-state index contributed by atoms with van der Waals surface area (Å²) >= 11 is 0. The van der Waals surface area contributed by atoms with Crippen molar-refractivity contribution in [3.63, 3.8) is 0 Å². The molecule has 0 fully saturated rings. The van der Waals surface area contributed by atoms with Crippen LogP contribution in [0.4, 0.5) is 0 Å². The van der Waals surface area contributed by atoms with Crippen LogP contribution in [0.3, 0.4) is 0 Å². The SMILES string of the molecule is CCN(CC(=O)OC)S(=O)(=O)c1c(C)c(C)cc(C)c1C. The average Bonchev–Trinajstić information content (AvgIpc) is 2.42. The molecule has 0 radical (unpaired) electrons. The van der Waals surface area contributed by atoms with Crippen LogP contribution in [0.1, 0.15) is 29.2 Å². The minimum atomic E-state index is -3.73. The lowest BCUT2D eigenvalue weighted by molar-refractivity contribution is -0.140. The van der Waals surface area contributed by atoms with Gasteiger partial charge in [-0.15, -0.1) is 0 Å². The highest BCUT2D eigenvalue weighted by molar-refractivity contribution is 7.89. The van der Waals surface area contributed by atoms with Crippen molar-refractivity contribution in [2.24, 2.45) is 0 Å². The van der Waals surface area contributed by atoms with Crippen LogP contribution in [0.25, 0.3) is 0 Å². The van der Waals surface area contributed by atoms with Crippen LogP contribution >= 0.6 is 0 Å². The van der Waals surface area contributed by atoms with Gasteiger partial charge < -0.3 is 4.74 Å². The molecule has 0 N–H and O–H groups in total. The fourth-order valence-electron chi connectivity index (χ4n) is 2.27. The number of hydrogen-bond donors (Lipinski definition) is 0. The summed E-state index contributed by atoms with van der Waals surface area (Å²) in [6.45, 7) is 8.99. The van der Waals surface area contributed by atoms with E-state index < -0.39 is 16.0 Å². The predicted octanol–water partition coefficient (Wildman–Crippen LogP) is 2.10. The smallest absolute Gasteiger partial charge is 0.321 e. The summed E-state index contributed by atoms with van der Waals surface area (Å²) in [5.74, 6) is -0.569. The maximum absolute atomic E-state index is 12.9. The second-order valence-corrected chi connectivity index (χ2v) is 6.97. The summed E-state index contributed by atoms with van der Waals surface area (Å²) < 4.78 is 31.5. The molecule has 0 saturated carbocycles. The van der Waals surface area contributed by atoms with Crippen molar-refractivity contribution < 1.29 is 17.9 Å². The van der Waals surface area contributed by atoms with Gasteiger partial charge in [0.1, 0.15) is 6.54 Å². The number of aryl methyl sites for hydroxylation is 2. The molecule has 0 unspecified atom stereocenters. The molecule has 1 rings (SSSR count). The molecule has 0 bridgehead atoms. The van der Waals surface area contributed by atoms with Crippen LogP contribution in [-0.4, -0.2) is 38.9 Å². The summed E-state index contributed by atoms with van der Waals surface area (Å²) in [6, 6.07) is 1.97. The standard InChI is InChI=1S/C15H23NO4S/c1-7-16(9-14(17)20-6)21(18,19)15-12(4)10(2)8-11(3)13(15)5/h8H,7,9H2,1-6H3. The summed E-state index contributed by atoms with van der Waals surface area (Å²) in [4.78, 5) is 11.7. The van der Waals surface area contributed by atoms with Crippen LogP contribution in [0.5, 0.6) is 0 Å². The Bertz CT molecular complexity index is 624. The van der Waals surface area contributed by atoms with Gasteiger partial charge in [-0.25, -0.2) is 8.42 Å². The van der Waals surface area contributed by atoms with Crippen LogP contribution in [0.2, 0.25) is 0 Å². The molecule has 0 spiro atoms. The van der Waals surface area contributed by atoms with Crippen LogP contribution < -0.4 is 0 Å². The number of sulfonamides is 1. The number of ether oxygens (including phenoxy) is 1. The lowest BCUT2D eigenvalue weighted by Gasteiger charge is -2.23. The third kappa shape index (κ3) is 3.44. The first-order valence-corrected chi connectivity index (χ1v) is 8.25. The maximum atomic E-state index is 12.9. The molecule has 1 aromatic rings. The van der Waals surface area contributed by atoms with E-state index in [4.69, 9.17) is 0 Å². The maximum Gasteiger partial charge on any atom is 0.321 e. The third-order valence-corrected chi connectivity index (χ3v) is 5.98. The molecule has 0 aromatic heterocycles. The molecule has 0 aliphatic heterocycles. The molecule has 6 heteroatoms. The first kappa shape index (κ1) is 17.7. The zero-order valence-corrected chi connectivity index (χ0v) is 14.3. The number of nitrogens with zero attached hydrogens (tertiary/aromatic N) is 1. The van der Waals surface area contributed by atoms with E-state index in [9.17, 15) is 13.2 Å². The molecule has 118 valence electrons. The molecule has 5 nitrogen and oxygen atoms in total. The minimum Gasteiger partial charge on any atom is -0.468 e. The zero-order valence-electron chi connectivity index (χ0n) is 13.5. The largest absolute Gasteiger partial charge is 0.468 e. The van der Waals surface area contributed by atoms with Gasteiger partial charge in [0, 0.05) is 6.54 Å². The van der Waals surface area contributed by atoms with Crippen molar-refractivity contribution in [2.75, 3.05) is 20.2 Å². The van der Waals surface area contributed by atoms with E-state index in [0.717, 1.165) is 26.6 Å². The van der Waals surface area contributed by atoms with Crippen molar-refractivity contribution in [2.45, 2.75) is 39.5 Å². The summed E-state index contributed by atoms with van der Waals surface area (Å²) in [7, 11) is -2.48. The van der Waals surface area contributed by atoms with Crippen molar-refractivity contribution in [1.82, 2.24) is 4.31 Å². The number of likely N-dealkylation sites (N-methyl/N-ethyl adjacent to an activating group) is 1. The fraction of sp³-hybridized carbons (Fsp3) is 0.533. The van der Waals surface area contributed by atoms with Crippen molar-refractivity contribution >= 4 is 16.0 Å². The molecule has 0 amide bonds. The van der Waals surface area contributed by atoms with Gasteiger partial charge in [0.25, 0.3) is 0 Å². The molecule has 0 aliphatic carbocycles. The third-order valence-electron chi connectivity index (χ3n) is 3.78. The van der Waals surface area contributed by atoms with Gasteiger partial charge in [-0.05, 0) is 49.9 Å². The Morgan fingerprint density at radius 3 is 2.00 bits per heavy atom. The highest BCUT2D eigenvalue weighted by atomic mass is 32.2. The van der Waals surface area contributed by atoms with Gasteiger partial charge in [0.05, 0.1) is 12.0 Å². The Morgan fingerprint density at radius 2 is 1.62 bits per heavy atom. The van der Waals surface area contributed by atoms with E-state index in [0.29, 0.717) is 4.90 Å². The molecule has 0 heterocycles. The number of carbonyl (C=O) groups is 1. The Morgan fingerprint density at radius 1 is 1.14 bits per heavy atom. The summed E-state index contributed by atoms with van der Waals surface area (Å²) in [5.41, 5.74) is 3.29. The lowest BCUT2D eigenvalue weighted by Crippen LogP contribution is -2.36. The Hall–Kier alpha value is -1.40. The number of hydrogen-bond acceptors (Lipinski definition) is 4. The van der Waals surface area contributed by atoms with E-state index in [2.05, 4.69) is 4.74 Å². The molecule has 1 aromatic carbocycles. The number of carbonyl (C=O) groups excluding carboxylic acids is 1. The fourth-order valence-corrected chi connectivity index (χ4v) is 4.24. The van der Waals surface area contributed by atoms with Gasteiger partial charge >= 0.3 is 5.97 Å². The first-order chi connectivity index (χ1) is 9.66. The van der Waals surface area contributed by atoms with E-state index in [1.807, 2.05) is 19.9 Å². The molecule has 0 saturated heterocycles. The average molecular weight is 313 g/mol. The summed E-state index contributed by atoms with van der Waals surface area (Å²) in [5, 5.41) is 0. The van der Waals surface area contributed by atoms with Crippen molar-refractivity contribution in [3.8, 4) is 0 Å².